The summed E-state index contributed by atoms with van der Waals surface area (Å²) in [5.41, 5.74) is 2.72. The van der Waals surface area contributed by atoms with Gasteiger partial charge in [0.15, 0.2) is 5.82 Å². The van der Waals surface area contributed by atoms with E-state index in [1.54, 1.807) is 0 Å². The van der Waals surface area contributed by atoms with Gasteiger partial charge >= 0.3 is 0 Å². The van der Waals surface area contributed by atoms with Gasteiger partial charge in [0, 0.05) is 36.4 Å². The monoisotopic (exact) mass is 380 g/mol. The summed E-state index contributed by atoms with van der Waals surface area (Å²) in [5.74, 6) is 1.94. The zero-order chi connectivity index (χ0) is 18.6. The molecule has 0 saturated carbocycles. The molecule has 0 saturated heterocycles. The van der Waals surface area contributed by atoms with Crippen LogP contribution in [0.1, 0.15) is 37.7 Å². The Bertz CT molecular complexity index is 758. The fourth-order valence-corrected chi connectivity index (χ4v) is 2.77. The van der Waals surface area contributed by atoms with E-state index in [2.05, 4.69) is 21.3 Å². The zero-order valence-electron chi connectivity index (χ0n) is 15.6. The summed E-state index contributed by atoms with van der Waals surface area (Å²) in [5, 5.41) is 0.526. The Hall–Kier alpha value is -1.66. The van der Waals surface area contributed by atoms with E-state index >= 15 is 0 Å². The van der Waals surface area contributed by atoms with Crippen LogP contribution in [-0.4, -0.2) is 40.1 Å². The van der Waals surface area contributed by atoms with Gasteiger partial charge in [0.1, 0.15) is 5.75 Å². The van der Waals surface area contributed by atoms with E-state index in [1.807, 2.05) is 58.1 Å². The fourth-order valence-electron chi connectivity index (χ4n) is 1.95. The summed E-state index contributed by atoms with van der Waals surface area (Å²) >= 11 is 7.23. The highest BCUT2D eigenvalue weighted by molar-refractivity contribution is 7.07. The number of benzene rings is 1. The minimum Gasteiger partial charge on any atom is -0.430 e. The number of aromatic nitrogens is 2. The Morgan fingerprint density at radius 3 is 2.68 bits per heavy atom. The first-order valence-electron chi connectivity index (χ1n) is 8.20. The summed E-state index contributed by atoms with van der Waals surface area (Å²) in [7, 11) is 2.00. The van der Waals surface area contributed by atoms with Gasteiger partial charge in [0.05, 0.1) is 12.0 Å². The summed E-state index contributed by atoms with van der Waals surface area (Å²) in [4.78, 5) is 11.0. The quantitative estimate of drug-likeness (QED) is 0.382. The van der Waals surface area contributed by atoms with Crippen LogP contribution in [0.2, 0.25) is 0 Å². The number of hydrogen-bond donors (Lipinski definition) is 0. The van der Waals surface area contributed by atoms with Crippen molar-refractivity contribution in [3.63, 3.8) is 0 Å². The Kier molecular flexibility index (Phi) is 6.41. The number of aryl methyl sites for hydroxylation is 2. The molecule has 0 radical (unpaired) electrons. The van der Waals surface area contributed by atoms with Crippen LogP contribution in [0.25, 0.3) is 0 Å². The first-order chi connectivity index (χ1) is 11.8. The third-order valence-corrected chi connectivity index (χ3v) is 5.19. The third kappa shape index (κ3) is 4.92. The van der Waals surface area contributed by atoms with Gasteiger partial charge in [-0.1, -0.05) is 13.8 Å². The number of hydrogen-bond acceptors (Lipinski definition) is 5. The van der Waals surface area contributed by atoms with E-state index < -0.39 is 0 Å². The molecule has 0 atom stereocenters. The molecule has 0 amide bonds. The third-order valence-electron chi connectivity index (χ3n) is 3.93. The topological polar surface area (TPSA) is 50.6 Å². The molecule has 1 aromatic heterocycles. The van der Waals surface area contributed by atoms with E-state index in [9.17, 15) is 0 Å². The van der Waals surface area contributed by atoms with Crippen molar-refractivity contribution in [3.05, 3.63) is 29.1 Å². The molecular weight excluding hydrogens is 356 g/mol. The minimum atomic E-state index is -0.269. The lowest BCUT2D eigenvalue weighted by atomic mass is 9.96. The Morgan fingerprint density at radius 2 is 2.04 bits per heavy atom. The van der Waals surface area contributed by atoms with Gasteiger partial charge in [0.2, 0.25) is 0 Å². The van der Waals surface area contributed by atoms with E-state index in [1.165, 1.54) is 11.5 Å². The molecule has 0 aliphatic rings. The average molecular weight is 381 g/mol. The molecule has 0 N–H and O–H groups in total. The van der Waals surface area contributed by atoms with Crippen molar-refractivity contribution in [3.8, 4) is 10.9 Å². The smallest absolute Gasteiger partial charge is 0.298 e. The first-order valence-corrected chi connectivity index (χ1v) is 9.51. The molecule has 2 aromatic rings. The molecule has 0 spiro atoms. The molecule has 0 unspecified atom stereocenters. The van der Waals surface area contributed by atoms with Gasteiger partial charge in [0.25, 0.3) is 5.19 Å². The van der Waals surface area contributed by atoms with Crippen molar-refractivity contribution < 1.29 is 4.74 Å². The largest absolute Gasteiger partial charge is 0.430 e. The Labute approximate surface area is 158 Å². The second-order valence-corrected chi connectivity index (χ2v) is 7.71. The maximum Gasteiger partial charge on any atom is 0.298 e. The predicted octanol–water partition coefficient (Wildman–Crippen LogP) is 5.08. The first kappa shape index (κ1) is 19.7. The second kappa shape index (κ2) is 8.15. The van der Waals surface area contributed by atoms with E-state index in [0.29, 0.717) is 16.9 Å². The van der Waals surface area contributed by atoms with Gasteiger partial charge in [-0.25, -0.2) is 4.99 Å². The number of halogens is 1. The van der Waals surface area contributed by atoms with Gasteiger partial charge in [-0.05, 0) is 44.0 Å². The molecule has 25 heavy (non-hydrogen) atoms. The van der Waals surface area contributed by atoms with Gasteiger partial charge in [-0.15, -0.1) is 11.6 Å². The second-order valence-electron chi connectivity index (χ2n) is 6.73. The summed E-state index contributed by atoms with van der Waals surface area (Å²) in [6.07, 6.45) is 1.84. The molecule has 136 valence electrons. The van der Waals surface area contributed by atoms with E-state index in [0.717, 1.165) is 29.1 Å². The zero-order valence-corrected chi connectivity index (χ0v) is 17.2. The van der Waals surface area contributed by atoms with Crippen molar-refractivity contribution in [1.29, 1.82) is 0 Å². The number of alkyl halides is 1. The normalized spacial score (nSPS) is 12.0. The average Bonchev–Trinajstić information content (AvgIpc) is 3.05. The van der Waals surface area contributed by atoms with Crippen molar-refractivity contribution in [1.82, 2.24) is 14.3 Å². The van der Waals surface area contributed by atoms with Crippen LogP contribution < -0.4 is 4.74 Å². The maximum absolute atomic E-state index is 5.99. The molecule has 0 aliphatic carbocycles. The number of nitrogens with zero attached hydrogens (tertiary/aromatic N) is 4. The highest BCUT2D eigenvalue weighted by Gasteiger charge is 2.25. The molecule has 2 rings (SSSR count). The summed E-state index contributed by atoms with van der Waals surface area (Å²) < 4.78 is 10.3. The van der Waals surface area contributed by atoms with Crippen LogP contribution >= 0.6 is 23.1 Å². The van der Waals surface area contributed by atoms with Crippen LogP contribution in [0.5, 0.6) is 10.9 Å². The SMILES string of the molecule is CCN(C)C=Nc1cc(C)c(Oc2nc(C(C)(C)CCl)ns2)cc1C. The summed E-state index contributed by atoms with van der Waals surface area (Å²) in [6, 6.07) is 4.01. The van der Waals surface area contributed by atoms with Gasteiger partial charge in [-0.2, -0.15) is 9.36 Å². The van der Waals surface area contributed by atoms with Crippen molar-refractivity contribution in [2.24, 2.45) is 4.99 Å². The van der Waals surface area contributed by atoms with Crippen LogP contribution in [0, 0.1) is 13.8 Å². The molecule has 0 fully saturated rings. The molecule has 0 bridgehead atoms. The minimum absolute atomic E-state index is 0.269. The Balaban J connectivity index is 2.21. The lowest BCUT2D eigenvalue weighted by Gasteiger charge is -2.16. The molecule has 5 nitrogen and oxygen atoms in total. The van der Waals surface area contributed by atoms with Crippen LogP contribution in [-0.2, 0) is 5.41 Å². The highest BCUT2D eigenvalue weighted by atomic mass is 35.5. The predicted molar refractivity (Wildman–Crippen MR) is 106 cm³/mol. The van der Waals surface area contributed by atoms with Crippen LogP contribution in [0.15, 0.2) is 17.1 Å². The molecule has 1 heterocycles. The van der Waals surface area contributed by atoms with Crippen molar-refractivity contribution in [2.45, 2.75) is 40.0 Å². The highest BCUT2D eigenvalue weighted by Crippen LogP contribution is 2.33. The standard InChI is InChI=1S/C18H25ClN4OS/c1-7-23(6)11-20-14-8-13(3)15(9-12(14)2)24-17-21-16(22-25-17)18(4,5)10-19/h8-9,11H,7,10H2,1-6H3. The van der Waals surface area contributed by atoms with Gasteiger partial charge < -0.3 is 9.64 Å². The molecule has 0 aliphatic heterocycles. The molecular formula is C18H25ClN4OS. The van der Waals surface area contributed by atoms with E-state index in [-0.39, 0.29) is 5.41 Å². The van der Waals surface area contributed by atoms with Crippen molar-refractivity contribution >= 4 is 35.2 Å². The number of ether oxygens (including phenoxy) is 1. The molecule has 7 heteroatoms. The van der Waals surface area contributed by atoms with Gasteiger partial charge in [-0.3, -0.25) is 0 Å². The van der Waals surface area contributed by atoms with Crippen LogP contribution in [0.3, 0.4) is 0 Å². The Morgan fingerprint density at radius 1 is 1.32 bits per heavy atom. The number of rotatable bonds is 7. The molecule has 1 aromatic carbocycles. The number of aliphatic imine (C=N–C) groups is 1. The maximum atomic E-state index is 5.99. The lowest BCUT2D eigenvalue weighted by molar-refractivity contribution is 0.465. The van der Waals surface area contributed by atoms with Crippen molar-refractivity contribution in [2.75, 3.05) is 19.5 Å². The van der Waals surface area contributed by atoms with Crippen LogP contribution in [0.4, 0.5) is 5.69 Å². The fraction of sp³-hybridized carbons (Fsp3) is 0.500. The summed E-state index contributed by atoms with van der Waals surface area (Å²) in [6.45, 7) is 11.1. The lowest BCUT2D eigenvalue weighted by Crippen LogP contribution is -2.20. The van der Waals surface area contributed by atoms with E-state index in [4.69, 9.17) is 16.3 Å².